The van der Waals surface area contributed by atoms with Crippen LogP contribution in [0.5, 0.6) is 0 Å². The van der Waals surface area contributed by atoms with Crippen LogP contribution in [0, 0.1) is 12.7 Å². The van der Waals surface area contributed by atoms with Crippen molar-refractivity contribution in [2.45, 2.75) is 38.1 Å². The van der Waals surface area contributed by atoms with E-state index in [2.05, 4.69) is 29.6 Å². The van der Waals surface area contributed by atoms with Gasteiger partial charge < -0.3 is 15.8 Å². The van der Waals surface area contributed by atoms with Crippen molar-refractivity contribution in [3.8, 4) is 11.1 Å². The number of nitrogens with two attached hydrogens (primary N) is 1. The summed E-state index contributed by atoms with van der Waals surface area (Å²) in [7, 11) is 0. The summed E-state index contributed by atoms with van der Waals surface area (Å²) in [6, 6.07) is 17.4. The van der Waals surface area contributed by atoms with Crippen LogP contribution in [0.15, 0.2) is 54.6 Å². The Hall–Kier alpha value is -3.67. The molecule has 1 unspecified atom stereocenters. The van der Waals surface area contributed by atoms with Gasteiger partial charge in [0.2, 0.25) is 0 Å². The highest BCUT2D eigenvalue weighted by Crippen LogP contribution is 2.44. The first-order chi connectivity index (χ1) is 15.8. The fourth-order valence-electron chi connectivity index (χ4n) is 5.15. The van der Waals surface area contributed by atoms with E-state index in [0.717, 1.165) is 22.3 Å². The Morgan fingerprint density at radius 2 is 1.76 bits per heavy atom. The number of amides is 1. The van der Waals surface area contributed by atoms with Gasteiger partial charge in [0.15, 0.2) is 5.78 Å². The molecule has 0 spiro atoms. The number of rotatable bonds is 3. The molecule has 0 aliphatic heterocycles. The van der Waals surface area contributed by atoms with Crippen LogP contribution in [0.4, 0.5) is 14.9 Å². The zero-order valence-corrected chi connectivity index (χ0v) is 18.6. The van der Waals surface area contributed by atoms with E-state index in [1.807, 2.05) is 24.3 Å². The number of nitrogen functional groups attached to an aromatic ring is 1. The molecule has 2 aliphatic carbocycles. The second-order valence-corrected chi connectivity index (χ2v) is 9.04. The van der Waals surface area contributed by atoms with Crippen molar-refractivity contribution in [2.24, 2.45) is 0 Å². The Morgan fingerprint density at radius 3 is 2.39 bits per heavy atom. The zero-order chi connectivity index (χ0) is 23.3. The minimum Gasteiger partial charge on any atom is -0.449 e. The third-order valence-electron chi connectivity index (χ3n) is 7.01. The number of nitrogens with one attached hydrogen (secondary N) is 1. The molecule has 0 radical (unpaired) electrons. The van der Waals surface area contributed by atoms with E-state index in [-0.39, 0.29) is 24.0 Å². The Morgan fingerprint density at radius 1 is 1.15 bits per heavy atom. The molecular weight excluding hydrogens is 419 g/mol. The summed E-state index contributed by atoms with van der Waals surface area (Å²) >= 11 is 0. The normalized spacial score (nSPS) is 18.9. The first kappa shape index (κ1) is 21.2. The number of fused-ring (bicyclic) bond motifs is 4. The Bertz CT molecular complexity index is 1260. The summed E-state index contributed by atoms with van der Waals surface area (Å²) in [5.41, 5.74) is 10.8. The molecular formula is C27H25FN2O3. The molecule has 3 N–H and O–H groups in total. The van der Waals surface area contributed by atoms with Gasteiger partial charge in [0.25, 0.3) is 0 Å². The molecule has 0 aromatic heterocycles. The van der Waals surface area contributed by atoms with Crippen molar-refractivity contribution in [3.05, 3.63) is 88.2 Å². The Kier molecular flexibility index (Phi) is 4.96. The third-order valence-corrected chi connectivity index (χ3v) is 7.01. The molecule has 0 fully saturated rings. The highest BCUT2D eigenvalue weighted by atomic mass is 19.1. The van der Waals surface area contributed by atoms with Gasteiger partial charge in [0, 0.05) is 17.2 Å². The summed E-state index contributed by atoms with van der Waals surface area (Å²) in [6.07, 6.45) is 0.121. The molecule has 168 valence electrons. The monoisotopic (exact) mass is 444 g/mol. The lowest BCUT2D eigenvalue weighted by molar-refractivity contribution is 0.0806. The first-order valence-electron chi connectivity index (χ1n) is 11.1. The van der Waals surface area contributed by atoms with Crippen LogP contribution in [0.2, 0.25) is 0 Å². The number of carbonyl (C=O) groups is 2. The van der Waals surface area contributed by atoms with Crippen molar-refractivity contribution in [2.75, 3.05) is 12.3 Å². The smallest absolute Gasteiger partial charge is 0.407 e. The Labute approximate surface area is 191 Å². The molecule has 5 rings (SSSR count). The number of alkyl carbamates (subject to hydrolysis) is 1. The SMILES string of the molecule is Cc1c(F)cc(N)c2c1CCC(C)(NC(=O)OCC1c3ccccc3-c3ccccc31)C2=O. The van der Waals surface area contributed by atoms with Crippen molar-refractivity contribution in [1.82, 2.24) is 5.32 Å². The first-order valence-corrected chi connectivity index (χ1v) is 11.1. The number of benzene rings is 3. The van der Waals surface area contributed by atoms with E-state index in [1.165, 1.54) is 6.07 Å². The van der Waals surface area contributed by atoms with Crippen molar-refractivity contribution in [1.29, 1.82) is 0 Å². The summed E-state index contributed by atoms with van der Waals surface area (Å²) in [5, 5.41) is 2.76. The van der Waals surface area contributed by atoms with Gasteiger partial charge in [0.05, 0.1) is 0 Å². The number of hydrogen-bond acceptors (Lipinski definition) is 4. The summed E-state index contributed by atoms with van der Waals surface area (Å²) in [5.74, 6) is -0.815. The van der Waals surface area contributed by atoms with Crippen molar-refractivity contribution in [3.63, 3.8) is 0 Å². The summed E-state index contributed by atoms with van der Waals surface area (Å²) < 4.78 is 19.7. The van der Waals surface area contributed by atoms with E-state index in [9.17, 15) is 14.0 Å². The molecule has 1 atom stereocenters. The molecule has 3 aromatic carbocycles. The van der Waals surface area contributed by atoms with Crippen LogP contribution in [-0.4, -0.2) is 24.0 Å². The van der Waals surface area contributed by atoms with Crippen LogP contribution in [-0.2, 0) is 11.2 Å². The second kappa shape index (κ2) is 7.73. The molecule has 0 bridgehead atoms. The zero-order valence-electron chi connectivity index (χ0n) is 18.6. The number of hydrogen-bond donors (Lipinski definition) is 2. The lowest BCUT2D eigenvalue weighted by Gasteiger charge is -2.35. The van der Waals surface area contributed by atoms with Gasteiger partial charge >= 0.3 is 6.09 Å². The number of halogens is 1. The highest BCUT2D eigenvalue weighted by molar-refractivity contribution is 6.10. The van der Waals surface area contributed by atoms with Gasteiger partial charge in [0.1, 0.15) is 18.0 Å². The lowest BCUT2D eigenvalue weighted by atomic mass is 9.76. The summed E-state index contributed by atoms with van der Waals surface area (Å²) in [4.78, 5) is 26.1. The highest BCUT2D eigenvalue weighted by Gasteiger charge is 2.42. The fourth-order valence-corrected chi connectivity index (χ4v) is 5.15. The predicted octanol–water partition coefficient (Wildman–Crippen LogP) is 5.14. The maximum absolute atomic E-state index is 14.1. The number of Topliss-reactive ketones (excluding diaryl/α,β-unsaturated/α-hetero) is 1. The molecule has 33 heavy (non-hydrogen) atoms. The predicted molar refractivity (Wildman–Crippen MR) is 125 cm³/mol. The molecule has 6 heteroatoms. The standard InChI is InChI=1S/C27H25FN2O3/c1-15-16-11-12-27(2,25(31)24(16)23(29)13-22(15)28)30-26(32)33-14-21-19-9-5-3-7-17(19)18-8-4-6-10-20(18)21/h3-10,13,21H,11-12,14,29H2,1-2H3,(H,30,32). The van der Waals surface area contributed by atoms with E-state index < -0.39 is 17.4 Å². The van der Waals surface area contributed by atoms with Crippen LogP contribution in [0.25, 0.3) is 11.1 Å². The van der Waals surface area contributed by atoms with Gasteiger partial charge in [-0.15, -0.1) is 0 Å². The molecule has 3 aromatic rings. The Balaban J connectivity index is 1.33. The van der Waals surface area contributed by atoms with Crippen molar-refractivity contribution < 1.29 is 18.7 Å². The van der Waals surface area contributed by atoms with Crippen LogP contribution in [0.3, 0.4) is 0 Å². The fraction of sp³-hybridized carbons (Fsp3) is 0.259. The number of ether oxygens (including phenoxy) is 1. The van der Waals surface area contributed by atoms with E-state index in [4.69, 9.17) is 10.5 Å². The average Bonchev–Trinajstić information content (AvgIpc) is 3.12. The minimum atomic E-state index is -1.17. The molecule has 5 nitrogen and oxygen atoms in total. The molecule has 0 heterocycles. The van der Waals surface area contributed by atoms with Crippen LogP contribution < -0.4 is 11.1 Å². The quantitative estimate of drug-likeness (QED) is 0.548. The van der Waals surface area contributed by atoms with Gasteiger partial charge in [-0.25, -0.2) is 9.18 Å². The minimum absolute atomic E-state index is 0.0694. The van der Waals surface area contributed by atoms with Crippen molar-refractivity contribution >= 4 is 17.6 Å². The topological polar surface area (TPSA) is 81.4 Å². The van der Waals surface area contributed by atoms with Gasteiger partial charge in [-0.3, -0.25) is 4.79 Å². The summed E-state index contributed by atoms with van der Waals surface area (Å²) in [6.45, 7) is 3.47. The van der Waals surface area contributed by atoms with Gasteiger partial charge in [-0.05, 0) is 66.1 Å². The molecule has 1 amide bonds. The third kappa shape index (κ3) is 3.37. The number of anilines is 1. The maximum Gasteiger partial charge on any atom is 0.407 e. The van der Waals surface area contributed by atoms with Crippen LogP contribution in [0.1, 0.15) is 51.9 Å². The maximum atomic E-state index is 14.1. The largest absolute Gasteiger partial charge is 0.449 e. The molecule has 0 saturated carbocycles. The van der Waals surface area contributed by atoms with Crippen LogP contribution >= 0.6 is 0 Å². The van der Waals surface area contributed by atoms with E-state index in [0.29, 0.717) is 29.5 Å². The van der Waals surface area contributed by atoms with Gasteiger partial charge in [-0.2, -0.15) is 0 Å². The second-order valence-electron chi connectivity index (χ2n) is 9.04. The van der Waals surface area contributed by atoms with Gasteiger partial charge in [-0.1, -0.05) is 48.5 Å². The molecule has 0 saturated heterocycles. The van der Waals surface area contributed by atoms with E-state index in [1.54, 1.807) is 13.8 Å². The molecule has 2 aliphatic rings. The lowest BCUT2D eigenvalue weighted by Crippen LogP contribution is -2.55. The number of carbonyl (C=O) groups excluding carboxylic acids is 2. The average molecular weight is 445 g/mol. The van der Waals surface area contributed by atoms with E-state index >= 15 is 0 Å². The number of ketones is 1.